The van der Waals surface area contributed by atoms with Crippen LogP contribution >= 0.6 is 0 Å². The van der Waals surface area contributed by atoms with Crippen molar-refractivity contribution in [1.29, 1.82) is 0 Å². The van der Waals surface area contributed by atoms with Crippen LogP contribution in [0.4, 0.5) is 0 Å². The molecule has 0 aliphatic carbocycles. The maximum absolute atomic E-state index is 5.41. The van der Waals surface area contributed by atoms with Crippen molar-refractivity contribution in [3.8, 4) is 11.5 Å². The van der Waals surface area contributed by atoms with Crippen LogP contribution in [0.3, 0.4) is 0 Å². The Morgan fingerprint density at radius 3 is 2.71 bits per heavy atom. The van der Waals surface area contributed by atoms with Crippen molar-refractivity contribution in [2.24, 2.45) is 5.41 Å². The van der Waals surface area contributed by atoms with E-state index in [9.17, 15) is 0 Å². The summed E-state index contributed by atoms with van der Waals surface area (Å²) in [5, 5.41) is 3.62. The zero-order valence-electron chi connectivity index (χ0n) is 15.3. The van der Waals surface area contributed by atoms with E-state index in [0.29, 0.717) is 5.41 Å². The van der Waals surface area contributed by atoms with Crippen LogP contribution in [-0.2, 0) is 6.42 Å². The highest BCUT2D eigenvalue weighted by molar-refractivity contribution is 5.42. The molecule has 0 radical (unpaired) electrons. The van der Waals surface area contributed by atoms with E-state index in [1.54, 1.807) is 14.2 Å². The van der Waals surface area contributed by atoms with E-state index in [0.717, 1.165) is 17.9 Å². The Kier molecular flexibility index (Phi) is 6.01. The van der Waals surface area contributed by atoms with Gasteiger partial charge in [-0.05, 0) is 81.3 Å². The maximum atomic E-state index is 5.41. The van der Waals surface area contributed by atoms with Crippen LogP contribution in [0.1, 0.15) is 37.7 Å². The lowest BCUT2D eigenvalue weighted by atomic mass is 9.74. The predicted molar refractivity (Wildman–Crippen MR) is 98.1 cm³/mol. The molecule has 4 heteroatoms. The molecule has 1 atom stereocenters. The number of hydrogen-bond acceptors (Lipinski definition) is 4. The number of benzene rings is 1. The van der Waals surface area contributed by atoms with Crippen LogP contribution in [0.15, 0.2) is 18.2 Å². The number of ether oxygens (including phenoxy) is 2. The van der Waals surface area contributed by atoms with E-state index in [4.69, 9.17) is 9.47 Å². The standard InChI is InChI=1S/C20H32N2O2/c1-23-18-8-7-17(14-19(18)24-2)6-3-12-22-13-5-10-20(16-22)9-4-11-21-15-20/h7-8,14,21H,3-6,9-13,15-16H2,1-2H3. The molecule has 3 rings (SSSR count). The van der Waals surface area contributed by atoms with Crippen LogP contribution in [0.5, 0.6) is 11.5 Å². The molecule has 1 aromatic rings. The van der Waals surface area contributed by atoms with Crippen LogP contribution in [-0.4, -0.2) is 51.8 Å². The van der Waals surface area contributed by atoms with Gasteiger partial charge in [-0.1, -0.05) is 6.07 Å². The van der Waals surface area contributed by atoms with Crippen molar-refractivity contribution < 1.29 is 9.47 Å². The fourth-order valence-electron chi connectivity index (χ4n) is 4.42. The van der Waals surface area contributed by atoms with Crippen LogP contribution in [0, 0.1) is 5.41 Å². The molecule has 2 fully saturated rings. The Bertz CT molecular complexity index is 521. The Balaban J connectivity index is 1.49. The summed E-state index contributed by atoms with van der Waals surface area (Å²) in [6.07, 6.45) is 7.83. The zero-order valence-corrected chi connectivity index (χ0v) is 15.3. The predicted octanol–water partition coefficient (Wildman–Crippen LogP) is 3.10. The van der Waals surface area contributed by atoms with Gasteiger partial charge in [0.2, 0.25) is 0 Å². The minimum atomic E-state index is 0.555. The summed E-state index contributed by atoms with van der Waals surface area (Å²) in [7, 11) is 3.39. The minimum absolute atomic E-state index is 0.555. The monoisotopic (exact) mass is 332 g/mol. The van der Waals surface area contributed by atoms with Crippen molar-refractivity contribution >= 4 is 0 Å². The third-order valence-electron chi connectivity index (χ3n) is 5.69. The first-order chi connectivity index (χ1) is 11.7. The largest absolute Gasteiger partial charge is 0.493 e. The summed E-state index contributed by atoms with van der Waals surface area (Å²) in [6.45, 7) is 6.19. The molecule has 0 saturated carbocycles. The van der Waals surface area contributed by atoms with Crippen molar-refractivity contribution in [2.75, 3.05) is 46.9 Å². The number of nitrogens with one attached hydrogen (secondary N) is 1. The van der Waals surface area contributed by atoms with Gasteiger partial charge < -0.3 is 19.7 Å². The van der Waals surface area contributed by atoms with Gasteiger partial charge in [0.05, 0.1) is 14.2 Å². The number of rotatable bonds is 6. The Morgan fingerprint density at radius 2 is 1.96 bits per heavy atom. The molecule has 1 unspecified atom stereocenters. The summed E-state index contributed by atoms with van der Waals surface area (Å²) < 4.78 is 10.7. The van der Waals surface area contributed by atoms with Gasteiger partial charge in [0.15, 0.2) is 11.5 Å². The van der Waals surface area contributed by atoms with Crippen molar-refractivity contribution in [3.63, 3.8) is 0 Å². The molecule has 2 saturated heterocycles. The van der Waals surface area contributed by atoms with Crippen LogP contribution < -0.4 is 14.8 Å². The molecule has 2 heterocycles. The third-order valence-corrected chi connectivity index (χ3v) is 5.69. The highest BCUT2D eigenvalue weighted by atomic mass is 16.5. The second-order valence-electron chi connectivity index (χ2n) is 7.45. The van der Waals surface area contributed by atoms with Gasteiger partial charge in [-0.25, -0.2) is 0 Å². The van der Waals surface area contributed by atoms with E-state index >= 15 is 0 Å². The van der Waals surface area contributed by atoms with Gasteiger partial charge in [-0.2, -0.15) is 0 Å². The molecule has 0 aromatic heterocycles. The molecule has 134 valence electrons. The molecular formula is C20H32N2O2. The first-order valence-corrected chi connectivity index (χ1v) is 9.39. The SMILES string of the molecule is COc1ccc(CCCN2CCCC3(CCCNC3)C2)cc1OC. The van der Waals surface area contributed by atoms with Crippen LogP contribution in [0.25, 0.3) is 0 Å². The normalized spacial score (nSPS) is 24.9. The molecule has 24 heavy (non-hydrogen) atoms. The second-order valence-corrected chi connectivity index (χ2v) is 7.45. The topological polar surface area (TPSA) is 33.7 Å². The van der Waals surface area contributed by atoms with Gasteiger partial charge in [0.25, 0.3) is 0 Å². The number of piperidine rings is 2. The zero-order chi connectivity index (χ0) is 16.8. The average molecular weight is 332 g/mol. The Labute approximate surface area is 146 Å². The number of hydrogen-bond donors (Lipinski definition) is 1. The summed E-state index contributed by atoms with van der Waals surface area (Å²) in [5.74, 6) is 1.64. The average Bonchev–Trinajstić information content (AvgIpc) is 2.62. The van der Waals surface area contributed by atoms with Crippen molar-refractivity contribution in [2.45, 2.75) is 38.5 Å². The minimum Gasteiger partial charge on any atom is -0.493 e. The molecular weight excluding hydrogens is 300 g/mol. The Morgan fingerprint density at radius 1 is 1.12 bits per heavy atom. The summed E-state index contributed by atoms with van der Waals surface area (Å²) in [6, 6.07) is 6.28. The number of nitrogens with zero attached hydrogens (tertiary/aromatic N) is 1. The molecule has 0 amide bonds. The summed E-state index contributed by atoms with van der Waals surface area (Å²) in [5.41, 5.74) is 1.89. The van der Waals surface area contributed by atoms with E-state index in [1.165, 1.54) is 70.4 Å². The number of aryl methyl sites for hydroxylation is 1. The first-order valence-electron chi connectivity index (χ1n) is 9.39. The number of methoxy groups -OCH3 is 2. The van der Waals surface area contributed by atoms with Gasteiger partial charge in [-0.3, -0.25) is 0 Å². The van der Waals surface area contributed by atoms with Gasteiger partial charge in [-0.15, -0.1) is 0 Å². The highest BCUT2D eigenvalue weighted by Gasteiger charge is 2.36. The van der Waals surface area contributed by atoms with Crippen molar-refractivity contribution in [1.82, 2.24) is 10.2 Å². The Hall–Kier alpha value is -1.26. The number of likely N-dealkylation sites (tertiary alicyclic amines) is 1. The second kappa shape index (κ2) is 8.21. The molecule has 1 N–H and O–H groups in total. The fourth-order valence-corrected chi connectivity index (χ4v) is 4.42. The molecule has 4 nitrogen and oxygen atoms in total. The summed E-state index contributed by atoms with van der Waals surface area (Å²) in [4.78, 5) is 2.69. The first kappa shape index (κ1) is 17.6. The van der Waals surface area contributed by atoms with Gasteiger partial charge in [0.1, 0.15) is 0 Å². The van der Waals surface area contributed by atoms with E-state index in [-0.39, 0.29) is 0 Å². The van der Waals surface area contributed by atoms with Crippen molar-refractivity contribution in [3.05, 3.63) is 23.8 Å². The third kappa shape index (κ3) is 4.22. The van der Waals surface area contributed by atoms with Crippen LogP contribution in [0.2, 0.25) is 0 Å². The maximum Gasteiger partial charge on any atom is 0.160 e. The smallest absolute Gasteiger partial charge is 0.160 e. The highest BCUT2D eigenvalue weighted by Crippen LogP contribution is 2.36. The molecule has 1 aromatic carbocycles. The quantitative estimate of drug-likeness (QED) is 0.868. The molecule has 2 aliphatic heterocycles. The molecule has 2 aliphatic rings. The molecule has 1 spiro atoms. The summed E-state index contributed by atoms with van der Waals surface area (Å²) >= 11 is 0. The van der Waals surface area contributed by atoms with E-state index in [1.807, 2.05) is 6.07 Å². The lowest BCUT2D eigenvalue weighted by molar-refractivity contribution is 0.0641. The van der Waals surface area contributed by atoms with E-state index in [2.05, 4.69) is 22.3 Å². The van der Waals surface area contributed by atoms with Gasteiger partial charge in [0, 0.05) is 13.1 Å². The van der Waals surface area contributed by atoms with Gasteiger partial charge >= 0.3 is 0 Å². The van der Waals surface area contributed by atoms with E-state index < -0.39 is 0 Å². The lowest BCUT2D eigenvalue weighted by Crippen LogP contribution is -2.51. The molecule has 0 bridgehead atoms. The fraction of sp³-hybridized carbons (Fsp3) is 0.700. The lowest BCUT2D eigenvalue weighted by Gasteiger charge is -2.45.